The van der Waals surface area contributed by atoms with Crippen LogP contribution in [-0.2, 0) is 20.7 Å². The van der Waals surface area contributed by atoms with Crippen LogP contribution in [0.5, 0.6) is 0 Å². The Morgan fingerprint density at radius 3 is 2.72 bits per heavy atom. The van der Waals surface area contributed by atoms with Crippen LogP contribution in [0, 0.1) is 17.7 Å². The van der Waals surface area contributed by atoms with Crippen molar-refractivity contribution in [3.63, 3.8) is 0 Å². The molecule has 0 bridgehead atoms. The maximum Gasteiger partial charge on any atom is 0.316 e. The van der Waals surface area contributed by atoms with Crippen molar-refractivity contribution in [3.8, 4) is 0 Å². The van der Waals surface area contributed by atoms with Crippen molar-refractivity contribution in [2.75, 3.05) is 7.11 Å². The summed E-state index contributed by atoms with van der Waals surface area (Å²) in [4.78, 5) is 23.6. The van der Waals surface area contributed by atoms with Crippen molar-refractivity contribution in [1.82, 2.24) is 0 Å². The van der Waals surface area contributed by atoms with E-state index in [1.165, 1.54) is 19.2 Å². The molecule has 0 spiro atoms. The van der Waals surface area contributed by atoms with Crippen molar-refractivity contribution in [2.24, 2.45) is 11.8 Å². The van der Waals surface area contributed by atoms with Crippen LogP contribution in [0.4, 0.5) is 4.39 Å². The Bertz CT molecular complexity index is 466. The maximum atomic E-state index is 13.1. The minimum absolute atomic E-state index is 0.0114. The standard InChI is InChI=1S/C14H15FO3/c1-18-14(17)12(13(16)10-5-6-10)8-9-3-2-4-11(15)7-9/h2-4,7,10,12H,5-6,8H2,1H3. The molecule has 18 heavy (non-hydrogen) atoms. The molecule has 0 aliphatic heterocycles. The number of ether oxygens (including phenoxy) is 1. The fourth-order valence-corrected chi connectivity index (χ4v) is 1.99. The summed E-state index contributed by atoms with van der Waals surface area (Å²) in [5.74, 6) is -1.79. The van der Waals surface area contributed by atoms with Crippen molar-refractivity contribution in [2.45, 2.75) is 19.3 Å². The van der Waals surface area contributed by atoms with Crippen LogP contribution in [0.15, 0.2) is 24.3 Å². The van der Waals surface area contributed by atoms with Gasteiger partial charge in [-0.1, -0.05) is 12.1 Å². The predicted molar refractivity (Wildman–Crippen MR) is 63.3 cm³/mol. The first kappa shape index (κ1) is 12.7. The number of hydrogen-bond donors (Lipinski definition) is 0. The number of benzene rings is 1. The Morgan fingerprint density at radius 2 is 2.17 bits per heavy atom. The summed E-state index contributed by atoms with van der Waals surface area (Å²) < 4.78 is 17.7. The second kappa shape index (κ2) is 5.29. The zero-order chi connectivity index (χ0) is 13.1. The molecule has 1 aromatic rings. The quantitative estimate of drug-likeness (QED) is 0.594. The summed E-state index contributed by atoms with van der Waals surface area (Å²) in [6.07, 6.45) is 1.89. The average molecular weight is 250 g/mol. The summed E-state index contributed by atoms with van der Waals surface area (Å²) in [6.45, 7) is 0. The van der Waals surface area contributed by atoms with E-state index in [9.17, 15) is 14.0 Å². The summed E-state index contributed by atoms with van der Waals surface area (Å²) >= 11 is 0. The lowest BCUT2D eigenvalue weighted by Crippen LogP contribution is -2.28. The highest BCUT2D eigenvalue weighted by molar-refractivity contribution is 6.01. The minimum Gasteiger partial charge on any atom is -0.468 e. The third-order valence-electron chi connectivity index (χ3n) is 3.14. The molecule has 1 aliphatic carbocycles. The highest BCUT2D eigenvalue weighted by atomic mass is 19.1. The van der Waals surface area contributed by atoms with E-state index >= 15 is 0 Å². The molecular formula is C14H15FO3. The zero-order valence-corrected chi connectivity index (χ0v) is 10.2. The Kier molecular flexibility index (Phi) is 3.75. The average Bonchev–Trinajstić information content (AvgIpc) is 3.18. The lowest BCUT2D eigenvalue weighted by molar-refractivity contribution is -0.149. The number of ketones is 1. The van der Waals surface area contributed by atoms with Gasteiger partial charge < -0.3 is 4.74 Å². The number of rotatable bonds is 5. The van der Waals surface area contributed by atoms with E-state index in [2.05, 4.69) is 4.74 Å². The number of methoxy groups -OCH3 is 1. The van der Waals surface area contributed by atoms with Gasteiger partial charge in [-0.05, 0) is 37.0 Å². The molecule has 2 rings (SSSR count). The lowest BCUT2D eigenvalue weighted by atomic mass is 9.93. The smallest absolute Gasteiger partial charge is 0.316 e. The van der Waals surface area contributed by atoms with E-state index in [-0.39, 0.29) is 23.9 Å². The number of esters is 1. The molecule has 1 unspecified atom stereocenters. The second-order valence-corrected chi connectivity index (χ2v) is 4.59. The van der Waals surface area contributed by atoms with Gasteiger partial charge in [-0.15, -0.1) is 0 Å². The molecule has 96 valence electrons. The van der Waals surface area contributed by atoms with Crippen LogP contribution in [0.2, 0.25) is 0 Å². The first-order valence-corrected chi connectivity index (χ1v) is 5.98. The fraction of sp³-hybridized carbons (Fsp3) is 0.429. The van der Waals surface area contributed by atoms with Crippen molar-refractivity contribution in [3.05, 3.63) is 35.6 Å². The van der Waals surface area contributed by atoms with Gasteiger partial charge in [0, 0.05) is 5.92 Å². The van der Waals surface area contributed by atoms with Crippen LogP contribution < -0.4 is 0 Å². The van der Waals surface area contributed by atoms with Gasteiger partial charge in [0.2, 0.25) is 0 Å². The molecular weight excluding hydrogens is 235 g/mol. The van der Waals surface area contributed by atoms with Crippen molar-refractivity contribution >= 4 is 11.8 Å². The van der Waals surface area contributed by atoms with Gasteiger partial charge in [0.05, 0.1) is 7.11 Å². The van der Waals surface area contributed by atoms with Crippen LogP contribution in [0.3, 0.4) is 0 Å². The van der Waals surface area contributed by atoms with Crippen LogP contribution in [0.25, 0.3) is 0 Å². The van der Waals surface area contributed by atoms with E-state index in [4.69, 9.17) is 0 Å². The number of hydrogen-bond acceptors (Lipinski definition) is 3. The molecule has 1 atom stereocenters. The molecule has 3 nitrogen and oxygen atoms in total. The fourth-order valence-electron chi connectivity index (χ4n) is 1.99. The van der Waals surface area contributed by atoms with E-state index in [0.717, 1.165) is 12.8 Å². The Hall–Kier alpha value is -1.71. The van der Waals surface area contributed by atoms with Gasteiger partial charge in [0.1, 0.15) is 11.7 Å². The van der Waals surface area contributed by atoms with Crippen LogP contribution in [0.1, 0.15) is 18.4 Å². The second-order valence-electron chi connectivity index (χ2n) is 4.59. The minimum atomic E-state index is -0.802. The van der Waals surface area contributed by atoms with Gasteiger partial charge in [0.15, 0.2) is 5.78 Å². The number of Topliss-reactive ketones (excluding diaryl/α,β-unsaturated/α-hetero) is 1. The molecule has 0 heterocycles. The number of halogens is 1. The largest absolute Gasteiger partial charge is 0.468 e. The normalized spacial score (nSPS) is 16.1. The molecule has 0 amide bonds. The Morgan fingerprint density at radius 1 is 1.44 bits per heavy atom. The maximum absolute atomic E-state index is 13.1. The highest BCUT2D eigenvalue weighted by Crippen LogP contribution is 2.33. The topological polar surface area (TPSA) is 43.4 Å². The van der Waals surface area contributed by atoms with E-state index in [1.54, 1.807) is 12.1 Å². The van der Waals surface area contributed by atoms with Gasteiger partial charge >= 0.3 is 5.97 Å². The van der Waals surface area contributed by atoms with Gasteiger partial charge in [-0.2, -0.15) is 0 Å². The molecule has 4 heteroatoms. The Labute approximate surface area is 105 Å². The third kappa shape index (κ3) is 2.94. The summed E-state index contributed by atoms with van der Waals surface area (Å²) in [5.41, 5.74) is 0.638. The zero-order valence-electron chi connectivity index (χ0n) is 10.2. The number of carbonyl (C=O) groups is 2. The molecule has 0 saturated heterocycles. The number of carbonyl (C=O) groups excluding carboxylic acids is 2. The Balaban J connectivity index is 2.14. The summed E-state index contributed by atoms with van der Waals surface area (Å²) in [6, 6.07) is 5.95. The molecule has 0 aromatic heterocycles. The lowest BCUT2D eigenvalue weighted by Gasteiger charge is -2.13. The molecule has 0 N–H and O–H groups in total. The van der Waals surface area contributed by atoms with Crippen LogP contribution in [-0.4, -0.2) is 18.9 Å². The third-order valence-corrected chi connectivity index (χ3v) is 3.14. The molecule has 1 aliphatic rings. The van der Waals surface area contributed by atoms with E-state index in [1.807, 2.05) is 0 Å². The monoisotopic (exact) mass is 250 g/mol. The summed E-state index contributed by atoms with van der Waals surface area (Å²) in [7, 11) is 1.26. The summed E-state index contributed by atoms with van der Waals surface area (Å²) in [5, 5.41) is 0. The van der Waals surface area contributed by atoms with Crippen LogP contribution >= 0.6 is 0 Å². The predicted octanol–water partition coefficient (Wildman–Crippen LogP) is 2.14. The van der Waals surface area contributed by atoms with Gasteiger partial charge in [-0.3, -0.25) is 9.59 Å². The SMILES string of the molecule is COC(=O)C(Cc1cccc(F)c1)C(=O)C1CC1. The van der Waals surface area contributed by atoms with E-state index < -0.39 is 11.9 Å². The van der Waals surface area contributed by atoms with Gasteiger partial charge in [-0.25, -0.2) is 4.39 Å². The van der Waals surface area contributed by atoms with Crippen molar-refractivity contribution in [1.29, 1.82) is 0 Å². The highest BCUT2D eigenvalue weighted by Gasteiger charge is 2.38. The van der Waals surface area contributed by atoms with Crippen molar-refractivity contribution < 1.29 is 18.7 Å². The molecule has 0 radical (unpaired) electrons. The first-order valence-electron chi connectivity index (χ1n) is 5.98. The van der Waals surface area contributed by atoms with Gasteiger partial charge in [0.25, 0.3) is 0 Å². The molecule has 1 fully saturated rings. The molecule has 1 saturated carbocycles. The molecule has 1 aromatic carbocycles. The first-order chi connectivity index (χ1) is 8.61. The van der Waals surface area contributed by atoms with E-state index in [0.29, 0.717) is 5.56 Å².